The van der Waals surface area contributed by atoms with Gasteiger partial charge in [0.25, 0.3) is 0 Å². The van der Waals surface area contributed by atoms with Crippen LogP contribution in [0, 0.1) is 0 Å². The fourth-order valence-electron chi connectivity index (χ4n) is 2.40. The van der Waals surface area contributed by atoms with Crippen LogP contribution >= 0.6 is 0 Å². The van der Waals surface area contributed by atoms with Crippen LogP contribution in [-0.4, -0.2) is 5.78 Å². The predicted octanol–water partition coefficient (Wildman–Crippen LogP) is 5.14. The van der Waals surface area contributed by atoms with Crippen molar-refractivity contribution in [3.05, 3.63) is 90.0 Å². The molecule has 0 aliphatic carbocycles. The van der Waals surface area contributed by atoms with Crippen molar-refractivity contribution in [1.82, 2.24) is 0 Å². The van der Waals surface area contributed by atoms with E-state index in [0.29, 0.717) is 6.61 Å². The van der Waals surface area contributed by atoms with Crippen LogP contribution in [0.5, 0.6) is 5.75 Å². The first-order chi connectivity index (χ1) is 11.2. The minimum atomic E-state index is 0.0784. The number of carbonyl (C=O) groups excluding carboxylic acids is 1. The number of benzene rings is 3. The van der Waals surface area contributed by atoms with Crippen molar-refractivity contribution in [3.8, 4) is 16.9 Å². The zero-order valence-corrected chi connectivity index (χ0v) is 13.0. The zero-order valence-electron chi connectivity index (χ0n) is 13.0. The van der Waals surface area contributed by atoms with E-state index in [1.54, 1.807) is 6.92 Å². The summed E-state index contributed by atoms with van der Waals surface area (Å²) in [4.78, 5) is 11.5. The quantitative estimate of drug-likeness (QED) is 0.610. The summed E-state index contributed by atoms with van der Waals surface area (Å²) in [5.74, 6) is 0.912. The van der Waals surface area contributed by atoms with Gasteiger partial charge in [-0.25, -0.2) is 0 Å². The molecule has 2 nitrogen and oxygen atoms in total. The van der Waals surface area contributed by atoms with E-state index in [4.69, 9.17) is 4.74 Å². The van der Waals surface area contributed by atoms with Gasteiger partial charge in [0.2, 0.25) is 0 Å². The summed E-state index contributed by atoms with van der Waals surface area (Å²) in [6.07, 6.45) is 0. The van der Waals surface area contributed by atoms with Crippen LogP contribution in [0.3, 0.4) is 0 Å². The van der Waals surface area contributed by atoms with Crippen LogP contribution in [0.2, 0.25) is 0 Å². The average Bonchev–Trinajstić information content (AvgIpc) is 2.61. The fraction of sp³-hybridized carbons (Fsp3) is 0.0952. The van der Waals surface area contributed by atoms with Crippen LogP contribution in [0.4, 0.5) is 0 Å². The van der Waals surface area contributed by atoms with Gasteiger partial charge in [0.05, 0.1) is 0 Å². The van der Waals surface area contributed by atoms with Gasteiger partial charge < -0.3 is 4.74 Å². The minimum Gasteiger partial charge on any atom is -0.489 e. The number of Topliss-reactive ketones (excluding diaryl/α,β-unsaturated/α-hetero) is 1. The largest absolute Gasteiger partial charge is 0.489 e. The molecule has 23 heavy (non-hydrogen) atoms. The number of ether oxygens (including phenoxy) is 1. The van der Waals surface area contributed by atoms with Gasteiger partial charge in [-0.05, 0) is 41.8 Å². The monoisotopic (exact) mass is 302 g/mol. The lowest BCUT2D eigenvalue weighted by Crippen LogP contribution is -1.95. The maximum Gasteiger partial charge on any atom is 0.159 e. The number of rotatable bonds is 5. The van der Waals surface area contributed by atoms with E-state index in [1.165, 1.54) is 0 Å². The fourth-order valence-corrected chi connectivity index (χ4v) is 2.40. The molecule has 0 amide bonds. The molecule has 0 atom stereocenters. The maximum absolute atomic E-state index is 11.5. The molecule has 0 radical (unpaired) electrons. The molecule has 0 saturated carbocycles. The van der Waals surface area contributed by atoms with Crippen molar-refractivity contribution in [2.24, 2.45) is 0 Å². The zero-order chi connectivity index (χ0) is 16.1. The van der Waals surface area contributed by atoms with E-state index >= 15 is 0 Å². The van der Waals surface area contributed by atoms with Gasteiger partial charge in [0.15, 0.2) is 5.78 Å². The van der Waals surface area contributed by atoms with Crippen LogP contribution in [0.1, 0.15) is 22.8 Å². The lowest BCUT2D eigenvalue weighted by Gasteiger charge is -2.08. The Morgan fingerprint density at radius 1 is 0.826 bits per heavy atom. The highest BCUT2D eigenvalue weighted by Crippen LogP contribution is 2.24. The number of hydrogen-bond acceptors (Lipinski definition) is 2. The molecule has 3 aromatic rings. The van der Waals surface area contributed by atoms with E-state index in [-0.39, 0.29) is 5.78 Å². The maximum atomic E-state index is 11.5. The first-order valence-electron chi connectivity index (χ1n) is 7.60. The molecule has 0 saturated heterocycles. The van der Waals surface area contributed by atoms with Gasteiger partial charge in [-0.3, -0.25) is 4.79 Å². The molecule has 0 aromatic heterocycles. The molecular formula is C21H18O2. The third-order valence-corrected chi connectivity index (χ3v) is 3.71. The van der Waals surface area contributed by atoms with E-state index in [0.717, 1.165) is 28.0 Å². The summed E-state index contributed by atoms with van der Waals surface area (Å²) < 4.78 is 5.79. The number of carbonyl (C=O) groups is 1. The first-order valence-corrected chi connectivity index (χ1v) is 7.60. The third-order valence-electron chi connectivity index (χ3n) is 3.71. The second-order valence-electron chi connectivity index (χ2n) is 5.44. The molecule has 0 aliphatic heterocycles. The summed E-state index contributed by atoms with van der Waals surface area (Å²) in [5.41, 5.74) is 3.98. The van der Waals surface area contributed by atoms with Crippen LogP contribution in [0.15, 0.2) is 78.9 Å². The molecule has 2 heteroatoms. The standard InChI is InChI=1S/C21H18O2/c1-16(22)19-8-5-9-20(14-19)18-10-12-21(13-11-18)23-15-17-6-3-2-4-7-17/h2-14H,15H2,1H3. The molecule has 3 aromatic carbocycles. The van der Waals surface area contributed by atoms with Gasteiger partial charge in [-0.15, -0.1) is 0 Å². The summed E-state index contributed by atoms with van der Waals surface area (Å²) in [5, 5.41) is 0. The van der Waals surface area contributed by atoms with Crippen molar-refractivity contribution in [1.29, 1.82) is 0 Å². The number of hydrogen-bond donors (Lipinski definition) is 0. The Labute approximate surface area is 136 Å². The molecular weight excluding hydrogens is 284 g/mol. The highest BCUT2D eigenvalue weighted by atomic mass is 16.5. The van der Waals surface area contributed by atoms with Crippen molar-refractivity contribution in [3.63, 3.8) is 0 Å². The Morgan fingerprint density at radius 3 is 2.26 bits per heavy atom. The second-order valence-corrected chi connectivity index (χ2v) is 5.44. The van der Waals surface area contributed by atoms with E-state index in [2.05, 4.69) is 0 Å². The highest BCUT2D eigenvalue weighted by molar-refractivity contribution is 5.95. The molecule has 0 unspecified atom stereocenters. The normalized spacial score (nSPS) is 10.3. The molecule has 0 aliphatic rings. The third kappa shape index (κ3) is 3.86. The van der Waals surface area contributed by atoms with Crippen LogP contribution in [0.25, 0.3) is 11.1 Å². The molecule has 114 valence electrons. The smallest absolute Gasteiger partial charge is 0.159 e. The SMILES string of the molecule is CC(=O)c1cccc(-c2ccc(OCc3ccccc3)cc2)c1. The Kier molecular flexibility index (Phi) is 4.53. The average molecular weight is 302 g/mol. The van der Waals surface area contributed by atoms with Gasteiger partial charge in [-0.2, -0.15) is 0 Å². The summed E-state index contributed by atoms with van der Waals surface area (Å²) in [6, 6.07) is 25.7. The predicted molar refractivity (Wildman–Crippen MR) is 92.7 cm³/mol. The second kappa shape index (κ2) is 6.93. The van der Waals surface area contributed by atoms with Crippen molar-refractivity contribution in [2.45, 2.75) is 13.5 Å². The van der Waals surface area contributed by atoms with Gasteiger partial charge in [0, 0.05) is 5.56 Å². The van der Waals surface area contributed by atoms with Gasteiger partial charge in [-0.1, -0.05) is 60.7 Å². The lowest BCUT2D eigenvalue weighted by atomic mass is 10.0. The first kappa shape index (κ1) is 15.0. The van der Waals surface area contributed by atoms with Crippen molar-refractivity contribution < 1.29 is 9.53 Å². The van der Waals surface area contributed by atoms with E-state index in [1.807, 2.05) is 78.9 Å². The molecule has 0 fully saturated rings. The molecule has 0 heterocycles. The summed E-state index contributed by atoms with van der Waals surface area (Å²) in [6.45, 7) is 2.14. The van der Waals surface area contributed by atoms with Crippen molar-refractivity contribution >= 4 is 5.78 Å². The van der Waals surface area contributed by atoms with Crippen LogP contribution < -0.4 is 4.74 Å². The summed E-state index contributed by atoms with van der Waals surface area (Å²) >= 11 is 0. The van der Waals surface area contributed by atoms with Gasteiger partial charge >= 0.3 is 0 Å². The minimum absolute atomic E-state index is 0.0784. The molecule has 0 bridgehead atoms. The molecule has 0 spiro atoms. The molecule has 3 rings (SSSR count). The Hall–Kier alpha value is -2.87. The summed E-state index contributed by atoms with van der Waals surface area (Å²) in [7, 11) is 0. The van der Waals surface area contributed by atoms with Crippen LogP contribution in [-0.2, 0) is 6.61 Å². The topological polar surface area (TPSA) is 26.3 Å². The van der Waals surface area contributed by atoms with E-state index in [9.17, 15) is 4.79 Å². The lowest BCUT2D eigenvalue weighted by molar-refractivity contribution is 0.101. The number of ketones is 1. The van der Waals surface area contributed by atoms with Gasteiger partial charge in [0.1, 0.15) is 12.4 Å². The van der Waals surface area contributed by atoms with E-state index < -0.39 is 0 Å². The highest BCUT2D eigenvalue weighted by Gasteiger charge is 2.03. The Morgan fingerprint density at radius 2 is 1.57 bits per heavy atom. The molecule has 0 N–H and O–H groups in total. The Bertz CT molecular complexity index is 790. The Balaban J connectivity index is 1.72. The van der Waals surface area contributed by atoms with Crippen molar-refractivity contribution in [2.75, 3.05) is 0 Å².